The molecule has 1 aliphatic heterocycles. The summed E-state index contributed by atoms with van der Waals surface area (Å²) in [5.41, 5.74) is 4.80. The van der Waals surface area contributed by atoms with Crippen LogP contribution in [0.4, 0.5) is 5.82 Å². The fourth-order valence-electron chi connectivity index (χ4n) is 3.88. The Bertz CT molecular complexity index is 1130. The van der Waals surface area contributed by atoms with Crippen molar-refractivity contribution >= 4 is 11.7 Å². The van der Waals surface area contributed by atoms with Crippen LogP contribution in [-0.4, -0.2) is 17.7 Å². The summed E-state index contributed by atoms with van der Waals surface area (Å²) in [5, 5.41) is 3.03. The number of anilines is 1. The lowest BCUT2D eigenvalue weighted by molar-refractivity contribution is -0.118. The van der Waals surface area contributed by atoms with E-state index in [2.05, 4.69) is 31.3 Å². The Labute approximate surface area is 171 Å². The molecule has 5 heteroatoms. The van der Waals surface area contributed by atoms with E-state index in [4.69, 9.17) is 14.5 Å². The summed E-state index contributed by atoms with van der Waals surface area (Å²) >= 11 is 0. The molecule has 29 heavy (non-hydrogen) atoms. The van der Waals surface area contributed by atoms with E-state index in [1.54, 1.807) is 0 Å². The van der Waals surface area contributed by atoms with Gasteiger partial charge in [-0.25, -0.2) is 4.98 Å². The average molecular weight is 388 g/mol. The Balaban J connectivity index is 0.00000218. The van der Waals surface area contributed by atoms with E-state index in [-0.39, 0.29) is 14.1 Å². The first-order chi connectivity index (χ1) is 14.1. The highest BCUT2D eigenvalue weighted by molar-refractivity contribution is 6.01. The monoisotopic (exact) mass is 388 g/mol. The molecule has 2 aliphatic rings. The number of fused-ring (bicyclic) bond motifs is 1. The van der Waals surface area contributed by atoms with Crippen LogP contribution in [0.1, 0.15) is 31.0 Å². The van der Waals surface area contributed by atoms with Crippen LogP contribution in [-0.2, 0) is 10.2 Å². The highest BCUT2D eigenvalue weighted by atomic mass is 16.7. The van der Waals surface area contributed by atoms with Crippen LogP contribution in [0.25, 0.3) is 11.3 Å². The van der Waals surface area contributed by atoms with Crippen molar-refractivity contribution in [3.05, 3.63) is 71.3 Å². The van der Waals surface area contributed by atoms with Crippen LogP contribution in [0, 0.1) is 13.8 Å². The number of aromatic nitrogens is 1. The zero-order valence-corrected chi connectivity index (χ0v) is 16.5. The molecule has 1 aliphatic carbocycles. The van der Waals surface area contributed by atoms with E-state index in [1.165, 1.54) is 11.1 Å². The second-order valence-corrected chi connectivity index (χ2v) is 7.76. The van der Waals surface area contributed by atoms with E-state index in [1.807, 2.05) is 42.5 Å². The van der Waals surface area contributed by atoms with Crippen molar-refractivity contribution in [2.45, 2.75) is 32.1 Å². The van der Waals surface area contributed by atoms with E-state index >= 15 is 0 Å². The number of hydrogen-bond donors (Lipinski definition) is 1. The minimum Gasteiger partial charge on any atom is -0.454 e. The van der Waals surface area contributed by atoms with Crippen LogP contribution >= 0.6 is 0 Å². The van der Waals surface area contributed by atoms with Crippen molar-refractivity contribution in [1.29, 1.82) is 0 Å². The molecule has 0 spiro atoms. The minimum atomic E-state index is -0.516. The van der Waals surface area contributed by atoms with Gasteiger partial charge in [0.25, 0.3) is 0 Å². The van der Waals surface area contributed by atoms with Gasteiger partial charge in [0.05, 0.1) is 11.1 Å². The molecule has 1 N–H and O–H groups in total. The van der Waals surface area contributed by atoms with Gasteiger partial charge in [0, 0.05) is 6.99 Å². The topological polar surface area (TPSA) is 60.5 Å². The van der Waals surface area contributed by atoms with E-state index in [0.29, 0.717) is 11.6 Å². The summed E-state index contributed by atoms with van der Waals surface area (Å²) in [4.78, 5) is 17.8. The predicted molar refractivity (Wildman–Crippen MR) is 113 cm³/mol. The number of ether oxygens (including phenoxy) is 2. The molecule has 148 valence electrons. The Morgan fingerprint density at radius 1 is 1.03 bits per heavy atom. The molecule has 5 rings (SSSR count). The van der Waals surface area contributed by atoms with Gasteiger partial charge in [0.15, 0.2) is 11.5 Å². The quantitative estimate of drug-likeness (QED) is 0.682. The van der Waals surface area contributed by atoms with Gasteiger partial charge in [-0.15, -0.1) is 0 Å². The summed E-state index contributed by atoms with van der Waals surface area (Å²) in [5.74, 6) is 1.98. The van der Waals surface area contributed by atoms with Gasteiger partial charge in [0.2, 0.25) is 12.7 Å². The number of rotatable bonds is 4. The first-order valence-electron chi connectivity index (χ1n) is 9.82. The highest BCUT2D eigenvalue weighted by Crippen LogP contribution is 2.51. The first-order valence-corrected chi connectivity index (χ1v) is 9.82. The van der Waals surface area contributed by atoms with Crippen LogP contribution in [0.3, 0.4) is 0 Å². The zero-order valence-electron chi connectivity index (χ0n) is 16.5. The number of nitrogens with one attached hydrogen (secondary N) is 1. The lowest BCUT2D eigenvalue weighted by Gasteiger charge is -2.16. The molecule has 0 radical (unpaired) electrons. The third-order valence-electron chi connectivity index (χ3n) is 5.98. The molecule has 1 saturated carbocycles. The van der Waals surface area contributed by atoms with Crippen LogP contribution in [0.5, 0.6) is 11.5 Å². The summed E-state index contributed by atoms with van der Waals surface area (Å²) in [6.07, 6.45) is 1.63. The molecule has 3 aromatic rings. The lowest BCUT2D eigenvalue weighted by Crippen LogP contribution is -2.28. The van der Waals surface area contributed by atoms with Crippen LogP contribution < -0.4 is 14.8 Å². The first kappa shape index (κ1) is 17.7. The molecule has 5 nitrogen and oxygen atoms in total. The molecule has 0 bridgehead atoms. The van der Waals surface area contributed by atoms with Crippen LogP contribution in [0.2, 0.25) is 0 Å². The maximum Gasteiger partial charge on any atom is 0.236 e. The Hall–Kier alpha value is -3.34. The van der Waals surface area contributed by atoms with Gasteiger partial charge < -0.3 is 14.8 Å². The number of hydrogen-bond acceptors (Lipinski definition) is 4. The third kappa shape index (κ3) is 3.03. The third-order valence-corrected chi connectivity index (χ3v) is 5.98. The minimum absolute atomic E-state index is 0. The van der Waals surface area contributed by atoms with Crippen molar-refractivity contribution in [3.8, 4) is 22.8 Å². The highest BCUT2D eigenvalue weighted by Gasteiger charge is 2.51. The fraction of sp³-hybridized carbons (Fsp3) is 0.250. The summed E-state index contributed by atoms with van der Waals surface area (Å²) in [7, 11) is 0. The molecule has 0 atom stereocenters. The lowest BCUT2D eigenvalue weighted by atomic mass is 9.94. The second-order valence-electron chi connectivity index (χ2n) is 7.76. The molecule has 1 aromatic heterocycles. The van der Waals surface area contributed by atoms with Crippen molar-refractivity contribution < 1.29 is 15.7 Å². The SMILES string of the molecule is Cc1cccc(-c2cccc(NC(=O)C3(c4ccc5c(c4)OCO5)CC3)n2)c1C.[HH]. The molecule has 0 saturated heterocycles. The fourth-order valence-corrected chi connectivity index (χ4v) is 3.88. The maximum absolute atomic E-state index is 13.1. The Kier molecular flexibility index (Phi) is 4.05. The van der Waals surface area contributed by atoms with Crippen molar-refractivity contribution in [3.63, 3.8) is 0 Å². The smallest absolute Gasteiger partial charge is 0.236 e. The summed E-state index contributed by atoms with van der Waals surface area (Å²) in [6, 6.07) is 17.7. The molecular formula is C24H24N2O3. The van der Waals surface area contributed by atoms with E-state index in [9.17, 15) is 4.79 Å². The molecule has 2 heterocycles. The maximum atomic E-state index is 13.1. The van der Waals surface area contributed by atoms with Gasteiger partial charge in [-0.2, -0.15) is 0 Å². The van der Waals surface area contributed by atoms with Crippen LogP contribution in [0.15, 0.2) is 54.6 Å². The van der Waals surface area contributed by atoms with E-state index in [0.717, 1.165) is 35.4 Å². The molecular weight excluding hydrogens is 364 g/mol. The number of aryl methyl sites for hydroxylation is 1. The number of benzene rings is 2. The second kappa shape index (κ2) is 6.62. The van der Waals surface area contributed by atoms with Gasteiger partial charge >= 0.3 is 0 Å². The Morgan fingerprint density at radius 2 is 1.83 bits per heavy atom. The normalized spacial score (nSPS) is 15.8. The van der Waals surface area contributed by atoms with Crippen molar-refractivity contribution in [1.82, 2.24) is 4.98 Å². The molecule has 2 aromatic carbocycles. The van der Waals surface area contributed by atoms with Crippen molar-refractivity contribution in [2.75, 3.05) is 12.1 Å². The molecule has 1 amide bonds. The summed E-state index contributed by atoms with van der Waals surface area (Å²) < 4.78 is 10.9. The molecule has 0 unspecified atom stereocenters. The number of carbonyl (C=O) groups is 1. The Morgan fingerprint density at radius 3 is 2.66 bits per heavy atom. The number of amides is 1. The van der Waals surface area contributed by atoms with Crippen molar-refractivity contribution in [2.24, 2.45) is 0 Å². The number of nitrogens with zero attached hydrogens (tertiary/aromatic N) is 1. The predicted octanol–water partition coefficient (Wildman–Crippen LogP) is 5.01. The number of carbonyl (C=O) groups excluding carboxylic acids is 1. The number of pyridine rings is 1. The van der Waals surface area contributed by atoms with Gasteiger partial charge in [-0.3, -0.25) is 4.79 Å². The van der Waals surface area contributed by atoms with Gasteiger partial charge in [0.1, 0.15) is 5.82 Å². The average Bonchev–Trinajstić information content (AvgIpc) is 3.41. The zero-order chi connectivity index (χ0) is 20.0. The van der Waals surface area contributed by atoms with Gasteiger partial charge in [-0.05, 0) is 67.6 Å². The molecule has 1 fully saturated rings. The van der Waals surface area contributed by atoms with E-state index < -0.39 is 5.41 Å². The largest absolute Gasteiger partial charge is 0.454 e. The standard InChI is InChI=1S/C24H22N2O3.H2/c1-15-5-3-6-18(16(15)2)19-7-4-8-22(25-19)26-23(27)24(11-12-24)17-9-10-20-21(13-17)29-14-28-20;/h3-10,13H,11-12,14H2,1-2H3,(H,25,26,27);1H. The van der Waals surface area contributed by atoms with Gasteiger partial charge in [-0.1, -0.05) is 30.3 Å². The summed E-state index contributed by atoms with van der Waals surface area (Å²) in [6.45, 7) is 4.41.